The molecule has 2 N–H and O–H groups in total. The van der Waals surface area contributed by atoms with Crippen LogP contribution in [0.15, 0.2) is 109 Å². The normalized spacial score (nSPS) is 20.0. The molecule has 1 fully saturated rings. The van der Waals surface area contributed by atoms with Gasteiger partial charge in [-0.1, -0.05) is 74.5 Å². The van der Waals surface area contributed by atoms with Crippen molar-refractivity contribution in [3.05, 3.63) is 120 Å². The molecule has 0 amide bonds. The van der Waals surface area contributed by atoms with E-state index in [-0.39, 0.29) is 5.41 Å². The summed E-state index contributed by atoms with van der Waals surface area (Å²) in [5, 5.41) is 0. The number of nitrogen functional groups attached to an aromatic ring is 1. The van der Waals surface area contributed by atoms with Crippen LogP contribution in [0.4, 0.5) is 22.7 Å². The predicted octanol–water partition coefficient (Wildman–Crippen LogP) is 8.87. The van der Waals surface area contributed by atoms with Gasteiger partial charge in [0.05, 0.1) is 0 Å². The molecule has 178 valence electrons. The Morgan fingerprint density at radius 3 is 1.51 bits per heavy atom. The first-order chi connectivity index (χ1) is 17.1. The summed E-state index contributed by atoms with van der Waals surface area (Å²) in [6, 6.07) is 39.2. The smallest absolute Gasteiger partial charge is 0.0461 e. The third-order valence-corrected chi connectivity index (χ3v) is 8.00. The fourth-order valence-corrected chi connectivity index (χ4v) is 5.88. The van der Waals surface area contributed by atoms with Crippen molar-refractivity contribution >= 4 is 22.7 Å². The highest BCUT2D eigenvalue weighted by atomic mass is 15.1. The van der Waals surface area contributed by atoms with Crippen LogP contribution in [0.5, 0.6) is 0 Å². The molecule has 2 nitrogen and oxygen atoms in total. The van der Waals surface area contributed by atoms with Gasteiger partial charge in [-0.2, -0.15) is 0 Å². The monoisotopic (exact) mass is 460 g/mol. The third kappa shape index (κ3) is 4.71. The van der Waals surface area contributed by atoms with Gasteiger partial charge in [0.25, 0.3) is 0 Å². The molecule has 0 atom stereocenters. The zero-order chi connectivity index (χ0) is 24.3. The summed E-state index contributed by atoms with van der Waals surface area (Å²) >= 11 is 0. The van der Waals surface area contributed by atoms with Crippen LogP contribution in [0.2, 0.25) is 0 Å². The first-order valence-corrected chi connectivity index (χ1v) is 12.9. The second-order valence-corrected chi connectivity index (χ2v) is 10.3. The number of benzene rings is 4. The Hall–Kier alpha value is -3.52. The van der Waals surface area contributed by atoms with Crippen molar-refractivity contribution in [2.45, 2.75) is 44.9 Å². The van der Waals surface area contributed by atoms with Crippen LogP contribution < -0.4 is 10.6 Å². The molecule has 0 saturated heterocycles. The molecule has 1 saturated carbocycles. The summed E-state index contributed by atoms with van der Waals surface area (Å²) in [5.74, 6) is 1.55. The van der Waals surface area contributed by atoms with Gasteiger partial charge >= 0.3 is 0 Å². The first kappa shape index (κ1) is 23.2. The molecule has 0 spiro atoms. The minimum absolute atomic E-state index is 0.0436. The van der Waals surface area contributed by atoms with Crippen LogP contribution in [0, 0.1) is 11.8 Å². The molecular weight excluding hydrogens is 424 g/mol. The third-order valence-electron chi connectivity index (χ3n) is 8.00. The van der Waals surface area contributed by atoms with E-state index in [1.54, 1.807) is 0 Å². The van der Waals surface area contributed by atoms with Gasteiger partial charge in [0, 0.05) is 28.2 Å². The van der Waals surface area contributed by atoms with Gasteiger partial charge in [-0.15, -0.1) is 0 Å². The number of nitrogens with zero attached hydrogens (tertiary/aromatic N) is 1. The van der Waals surface area contributed by atoms with Gasteiger partial charge in [-0.05, 0) is 97.2 Å². The van der Waals surface area contributed by atoms with Crippen molar-refractivity contribution < 1.29 is 0 Å². The van der Waals surface area contributed by atoms with Crippen LogP contribution in [0.3, 0.4) is 0 Å². The lowest BCUT2D eigenvalue weighted by molar-refractivity contribution is 0.217. The number of rotatable bonds is 6. The van der Waals surface area contributed by atoms with Crippen molar-refractivity contribution in [3.63, 3.8) is 0 Å². The summed E-state index contributed by atoms with van der Waals surface area (Å²) in [6.45, 7) is 4.74. The number of para-hydroxylation sites is 2. The summed E-state index contributed by atoms with van der Waals surface area (Å²) in [4.78, 5) is 2.33. The maximum Gasteiger partial charge on any atom is 0.0461 e. The molecule has 4 aromatic rings. The highest BCUT2D eigenvalue weighted by molar-refractivity contribution is 5.76. The Labute approximate surface area is 210 Å². The Morgan fingerprint density at radius 1 is 0.629 bits per heavy atom. The van der Waals surface area contributed by atoms with Crippen molar-refractivity contribution in [1.82, 2.24) is 0 Å². The molecule has 1 aliphatic carbocycles. The summed E-state index contributed by atoms with van der Waals surface area (Å²) < 4.78 is 0. The molecule has 0 heterocycles. The minimum Gasteiger partial charge on any atom is -0.399 e. The second-order valence-electron chi connectivity index (χ2n) is 10.3. The Bertz CT molecular complexity index is 1160. The van der Waals surface area contributed by atoms with E-state index in [4.69, 9.17) is 5.73 Å². The standard InChI is InChI=1S/C33H36N2/c1-25(2)26-21-23-33(24-22-26,27-13-17-29(34)18-14-27)28-15-19-32(20-16-28)35(30-9-5-3-6-10-30)31-11-7-4-8-12-31/h3-20,25-26H,21-24,34H2,1-2H3. The van der Waals surface area contributed by atoms with Gasteiger partial charge in [0.1, 0.15) is 0 Å². The van der Waals surface area contributed by atoms with Gasteiger partial charge in [-0.25, -0.2) is 0 Å². The van der Waals surface area contributed by atoms with Gasteiger partial charge in [0.15, 0.2) is 0 Å². The maximum atomic E-state index is 6.06. The van der Waals surface area contributed by atoms with Crippen LogP contribution in [0.1, 0.15) is 50.7 Å². The highest BCUT2D eigenvalue weighted by Crippen LogP contribution is 2.48. The summed E-state index contributed by atoms with van der Waals surface area (Å²) in [7, 11) is 0. The Morgan fingerprint density at radius 2 is 1.06 bits per heavy atom. The Balaban J connectivity index is 1.54. The van der Waals surface area contributed by atoms with Crippen molar-refractivity contribution in [2.75, 3.05) is 10.6 Å². The molecule has 0 unspecified atom stereocenters. The van der Waals surface area contributed by atoms with Crippen molar-refractivity contribution in [3.8, 4) is 0 Å². The van der Waals surface area contributed by atoms with Gasteiger partial charge in [0.2, 0.25) is 0 Å². The first-order valence-electron chi connectivity index (χ1n) is 12.9. The molecular formula is C33H36N2. The molecule has 0 aromatic heterocycles. The predicted molar refractivity (Wildman–Crippen MR) is 150 cm³/mol. The summed E-state index contributed by atoms with van der Waals surface area (Å²) in [6.07, 6.45) is 4.90. The SMILES string of the molecule is CC(C)C1CCC(c2ccc(N)cc2)(c2ccc(N(c3ccccc3)c3ccccc3)cc2)CC1. The average Bonchev–Trinajstić information content (AvgIpc) is 2.91. The molecule has 5 rings (SSSR count). The van der Waals surface area contributed by atoms with E-state index in [0.717, 1.165) is 28.9 Å². The maximum absolute atomic E-state index is 6.06. The Kier molecular flexibility index (Phi) is 6.63. The van der Waals surface area contributed by atoms with E-state index in [2.05, 4.69) is 128 Å². The molecule has 0 aliphatic heterocycles. The lowest BCUT2D eigenvalue weighted by Gasteiger charge is -2.42. The zero-order valence-electron chi connectivity index (χ0n) is 20.9. The zero-order valence-corrected chi connectivity index (χ0v) is 20.9. The molecule has 4 aromatic carbocycles. The number of nitrogens with two attached hydrogens (primary N) is 1. The van der Waals surface area contributed by atoms with E-state index in [9.17, 15) is 0 Å². The van der Waals surface area contributed by atoms with E-state index >= 15 is 0 Å². The van der Waals surface area contributed by atoms with E-state index in [1.165, 1.54) is 42.5 Å². The van der Waals surface area contributed by atoms with Crippen LogP contribution >= 0.6 is 0 Å². The topological polar surface area (TPSA) is 29.3 Å². The largest absolute Gasteiger partial charge is 0.399 e. The fourth-order valence-electron chi connectivity index (χ4n) is 5.88. The molecule has 1 aliphatic rings. The lowest BCUT2D eigenvalue weighted by Crippen LogP contribution is -2.34. The van der Waals surface area contributed by atoms with Gasteiger partial charge in [-0.3, -0.25) is 0 Å². The number of anilines is 4. The number of hydrogen-bond acceptors (Lipinski definition) is 2. The minimum atomic E-state index is 0.0436. The van der Waals surface area contributed by atoms with Crippen molar-refractivity contribution in [2.24, 2.45) is 11.8 Å². The average molecular weight is 461 g/mol. The highest BCUT2D eigenvalue weighted by Gasteiger charge is 2.39. The second kappa shape index (κ2) is 10.00. The fraction of sp³-hybridized carbons (Fsp3) is 0.273. The van der Waals surface area contributed by atoms with E-state index < -0.39 is 0 Å². The van der Waals surface area contributed by atoms with E-state index in [0.29, 0.717) is 0 Å². The molecule has 0 bridgehead atoms. The van der Waals surface area contributed by atoms with Gasteiger partial charge < -0.3 is 10.6 Å². The van der Waals surface area contributed by atoms with Crippen LogP contribution in [-0.2, 0) is 5.41 Å². The van der Waals surface area contributed by atoms with Crippen LogP contribution in [0.25, 0.3) is 0 Å². The quantitative estimate of drug-likeness (QED) is 0.291. The van der Waals surface area contributed by atoms with E-state index in [1.807, 2.05) is 0 Å². The van der Waals surface area contributed by atoms with Crippen molar-refractivity contribution in [1.29, 1.82) is 0 Å². The number of hydrogen-bond donors (Lipinski definition) is 1. The lowest BCUT2D eigenvalue weighted by atomic mass is 9.61. The van der Waals surface area contributed by atoms with Crippen LogP contribution in [-0.4, -0.2) is 0 Å². The molecule has 0 radical (unpaired) electrons. The molecule has 2 heteroatoms. The summed E-state index contributed by atoms with van der Waals surface area (Å²) in [5.41, 5.74) is 13.2. The molecule has 35 heavy (non-hydrogen) atoms.